The topological polar surface area (TPSA) is 50.7 Å². The van der Waals surface area contributed by atoms with Crippen LogP contribution in [0.1, 0.15) is 20.3 Å². The van der Waals surface area contributed by atoms with Crippen molar-refractivity contribution in [3.8, 4) is 0 Å². The zero-order valence-electron chi connectivity index (χ0n) is 6.46. The summed E-state index contributed by atoms with van der Waals surface area (Å²) < 4.78 is 0. The maximum atomic E-state index is 5.52. The van der Waals surface area contributed by atoms with Crippen molar-refractivity contribution in [3.05, 3.63) is 0 Å². The molecular formula is C7H13N3. The second kappa shape index (κ2) is 2.92. The molecule has 10 heavy (non-hydrogen) atoms. The second-order valence-corrected chi connectivity index (χ2v) is 2.71. The number of nitrogens with two attached hydrogens (primary N) is 1. The molecule has 0 aromatic rings. The summed E-state index contributed by atoms with van der Waals surface area (Å²) in [7, 11) is 0. The van der Waals surface area contributed by atoms with Gasteiger partial charge >= 0.3 is 0 Å². The van der Waals surface area contributed by atoms with E-state index in [1.165, 1.54) is 0 Å². The molecular weight excluding hydrogens is 126 g/mol. The largest absolute Gasteiger partial charge is 0.330 e. The Morgan fingerprint density at radius 2 is 2.20 bits per heavy atom. The van der Waals surface area contributed by atoms with Gasteiger partial charge in [-0.25, -0.2) is 0 Å². The maximum Gasteiger partial charge on any atom is 0.0422 e. The van der Waals surface area contributed by atoms with Gasteiger partial charge in [0.05, 0.1) is 0 Å². The van der Waals surface area contributed by atoms with E-state index >= 15 is 0 Å². The van der Waals surface area contributed by atoms with E-state index in [9.17, 15) is 0 Å². The molecule has 0 amide bonds. The Morgan fingerprint density at radius 3 is 2.70 bits per heavy atom. The van der Waals surface area contributed by atoms with Crippen molar-refractivity contribution < 1.29 is 0 Å². The molecule has 1 heterocycles. The average molecular weight is 139 g/mol. The molecule has 0 radical (unpaired) electrons. The van der Waals surface area contributed by atoms with Crippen molar-refractivity contribution in [1.29, 1.82) is 0 Å². The highest BCUT2D eigenvalue weighted by Gasteiger charge is 2.14. The van der Waals surface area contributed by atoms with Crippen LogP contribution in [0.2, 0.25) is 0 Å². The highest BCUT2D eigenvalue weighted by Crippen LogP contribution is 2.10. The first-order chi connectivity index (χ1) is 4.74. The van der Waals surface area contributed by atoms with Crippen LogP contribution >= 0.6 is 0 Å². The summed E-state index contributed by atoms with van der Waals surface area (Å²) in [6.45, 7) is 4.65. The van der Waals surface area contributed by atoms with E-state index in [-0.39, 0.29) is 0 Å². The van der Waals surface area contributed by atoms with Crippen molar-refractivity contribution in [2.24, 2.45) is 21.9 Å². The van der Waals surface area contributed by atoms with E-state index in [1.807, 2.05) is 13.8 Å². The van der Waals surface area contributed by atoms with Crippen LogP contribution in [0.5, 0.6) is 0 Å². The van der Waals surface area contributed by atoms with Gasteiger partial charge in [0, 0.05) is 23.9 Å². The highest BCUT2D eigenvalue weighted by atomic mass is 15.2. The fourth-order valence-corrected chi connectivity index (χ4v) is 1.04. The van der Waals surface area contributed by atoms with Gasteiger partial charge < -0.3 is 5.73 Å². The van der Waals surface area contributed by atoms with E-state index < -0.39 is 0 Å². The number of nitrogens with zero attached hydrogens (tertiary/aromatic N) is 2. The predicted molar refractivity (Wildman–Crippen MR) is 43.4 cm³/mol. The first kappa shape index (κ1) is 7.41. The molecule has 0 spiro atoms. The minimum atomic E-state index is 0.428. The van der Waals surface area contributed by atoms with Gasteiger partial charge in [0.15, 0.2) is 0 Å². The van der Waals surface area contributed by atoms with Crippen LogP contribution in [0.3, 0.4) is 0 Å². The monoisotopic (exact) mass is 139 g/mol. The van der Waals surface area contributed by atoms with Crippen LogP contribution < -0.4 is 5.73 Å². The first-order valence-corrected chi connectivity index (χ1v) is 3.51. The second-order valence-electron chi connectivity index (χ2n) is 2.71. The van der Waals surface area contributed by atoms with Gasteiger partial charge in [-0.05, 0) is 20.3 Å². The summed E-state index contributed by atoms with van der Waals surface area (Å²) in [5, 5.41) is 7.95. The molecule has 1 aliphatic rings. The molecule has 0 aliphatic carbocycles. The molecule has 3 heteroatoms. The molecule has 1 atom stereocenters. The van der Waals surface area contributed by atoms with Gasteiger partial charge in [0.2, 0.25) is 0 Å². The van der Waals surface area contributed by atoms with E-state index in [2.05, 4.69) is 10.2 Å². The van der Waals surface area contributed by atoms with Gasteiger partial charge in [-0.15, -0.1) is 0 Å². The fourth-order valence-electron chi connectivity index (χ4n) is 1.04. The number of hydrogen-bond acceptors (Lipinski definition) is 3. The quantitative estimate of drug-likeness (QED) is 0.574. The van der Waals surface area contributed by atoms with Gasteiger partial charge in [-0.3, -0.25) is 0 Å². The van der Waals surface area contributed by atoms with Gasteiger partial charge in [-0.1, -0.05) is 0 Å². The molecule has 0 saturated heterocycles. The van der Waals surface area contributed by atoms with Crippen molar-refractivity contribution >= 4 is 11.4 Å². The van der Waals surface area contributed by atoms with Crippen LogP contribution in [-0.4, -0.2) is 18.0 Å². The standard InChI is InChI=1S/C7H13N3/c1-5-3-7(4-8)6(2)10-9-5/h7H,3-4,8H2,1-2H3. The Bertz CT molecular complexity index is 181. The SMILES string of the molecule is CC1=NN=C(C)C(CN)C1. The van der Waals surface area contributed by atoms with Crippen LogP contribution in [0, 0.1) is 5.92 Å². The molecule has 0 bridgehead atoms. The Morgan fingerprint density at radius 1 is 1.50 bits per heavy atom. The molecule has 1 unspecified atom stereocenters. The Balaban J connectivity index is 2.68. The zero-order chi connectivity index (χ0) is 7.56. The van der Waals surface area contributed by atoms with E-state index in [0.717, 1.165) is 17.8 Å². The van der Waals surface area contributed by atoms with Gasteiger partial charge in [0.1, 0.15) is 0 Å². The molecule has 3 nitrogen and oxygen atoms in total. The number of hydrogen-bond donors (Lipinski definition) is 1. The van der Waals surface area contributed by atoms with Crippen LogP contribution in [0.15, 0.2) is 10.2 Å². The van der Waals surface area contributed by atoms with Gasteiger partial charge in [-0.2, -0.15) is 10.2 Å². The van der Waals surface area contributed by atoms with Crippen molar-refractivity contribution in [1.82, 2.24) is 0 Å². The first-order valence-electron chi connectivity index (χ1n) is 3.51. The van der Waals surface area contributed by atoms with E-state index in [4.69, 9.17) is 5.73 Å². The molecule has 2 N–H and O–H groups in total. The van der Waals surface area contributed by atoms with Crippen molar-refractivity contribution in [2.75, 3.05) is 6.54 Å². The summed E-state index contributed by atoms with van der Waals surface area (Å²) in [6.07, 6.45) is 0.978. The van der Waals surface area contributed by atoms with E-state index in [1.54, 1.807) is 0 Å². The Labute approximate surface area is 61.0 Å². The van der Waals surface area contributed by atoms with Crippen LogP contribution in [0.4, 0.5) is 0 Å². The van der Waals surface area contributed by atoms with Gasteiger partial charge in [0.25, 0.3) is 0 Å². The Hall–Kier alpha value is -0.700. The van der Waals surface area contributed by atoms with Crippen molar-refractivity contribution in [3.63, 3.8) is 0 Å². The highest BCUT2D eigenvalue weighted by molar-refractivity contribution is 5.94. The lowest BCUT2D eigenvalue weighted by Crippen LogP contribution is -2.25. The minimum absolute atomic E-state index is 0.428. The molecule has 0 saturated carbocycles. The third kappa shape index (κ3) is 1.42. The number of rotatable bonds is 1. The summed E-state index contributed by atoms with van der Waals surface area (Å²) in [5.74, 6) is 0.428. The van der Waals surface area contributed by atoms with Crippen molar-refractivity contribution in [2.45, 2.75) is 20.3 Å². The third-order valence-corrected chi connectivity index (χ3v) is 1.80. The summed E-state index contributed by atoms with van der Waals surface area (Å²) in [4.78, 5) is 0. The lowest BCUT2D eigenvalue weighted by Gasteiger charge is -2.16. The molecule has 1 aliphatic heterocycles. The normalized spacial score (nSPS) is 25.7. The summed E-state index contributed by atoms with van der Waals surface area (Å²) in [5.41, 5.74) is 7.67. The molecule has 56 valence electrons. The molecule has 0 aromatic carbocycles. The average Bonchev–Trinajstić information content (AvgIpc) is 1.94. The molecule has 0 fully saturated rings. The maximum absolute atomic E-state index is 5.52. The Kier molecular flexibility index (Phi) is 2.17. The third-order valence-electron chi connectivity index (χ3n) is 1.80. The zero-order valence-corrected chi connectivity index (χ0v) is 6.46. The van der Waals surface area contributed by atoms with Crippen LogP contribution in [0.25, 0.3) is 0 Å². The lowest BCUT2D eigenvalue weighted by atomic mass is 9.97. The van der Waals surface area contributed by atoms with Crippen LogP contribution in [-0.2, 0) is 0 Å². The van der Waals surface area contributed by atoms with E-state index in [0.29, 0.717) is 12.5 Å². The molecule has 1 rings (SSSR count). The fraction of sp³-hybridized carbons (Fsp3) is 0.714. The minimum Gasteiger partial charge on any atom is -0.330 e. The molecule has 0 aromatic heterocycles. The lowest BCUT2D eigenvalue weighted by molar-refractivity contribution is 0.711. The smallest absolute Gasteiger partial charge is 0.0422 e. The predicted octanol–water partition coefficient (Wildman–Crippen LogP) is 0.802. The summed E-state index contributed by atoms with van der Waals surface area (Å²) in [6, 6.07) is 0. The summed E-state index contributed by atoms with van der Waals surface area (Å²) >= 11 is 0.